The van der Waals surface area contributed by atoms with Gasteiger partial charge in [0.1, 0.15) is 0 Å². The Bertz CT molecular complexity index is 417. The summed E-state index contributed by atoms with van der Waals surface area (Å²) in [7, 11) is 0. The van der Waals surface area contributed by atoms with Gasteiger partial charge in [-0.25, -0.2) is 0 Å². The fraction of sp³-hybridized carbons (Fsp3) is 0.333. The van der Waals surface area contributed by atoms with Gasteiger partial charge in [-0.1, -0.05) is 11.6 Å². The van der Waals surface area contributed by atoms with Crippen LogP contribution >= 0.6 is 11.6 Å². The second-order valence-corrected chi connectivity index (χ2v) is 3.84. The Labute approximate surface area is 106 Å². The molecular formula is C12H15ClN2O2. The highest BCUT2D eigenvalue weighted by atomic mass is 35.5. The second kappa shape index (κ2) is 6.25. The van der Waals surface area contributed by atoms with Gasteiger partial charge in [-0.05, 0) is 32.0 Å². The maximum Gasteiger partial charge on any atom is 0.253 e. The maximum absolute atomic E-state index is 12.0. The fourth-order valence-electron chi connectivity index (χ4n) is 1.53. The summed E-state index contributed by atoms with van der Waals surface area (Å²) in [6.07, 6.45) is 0.535. The third-order valence-electron chi connectivity index (χ3n) is 2.48. The molecule has 4 nitrogen and oxygen atoms in total. The van der Waals surface area contributed by atoms with Crippen LogP contribution in [0.4, 0.5) is 5.69 Å². The van der Waals surface area contributed by atoms with E-state index in [9.17, 15) is 9.59 Å². The Morgan fingerprint density at radius 3 is 2.59 bits per heavy atom. The molecule has 0 aliphatic heterocycles. The summed E-state index contributed by atoms with van der Waals surface area (Å²) >= 11 is 5.88. The highest BCUT2D eigenvalue weighted by molar-refractivity contribution is 6.33. The molecule has 0 fully saturated rings. The first-order valence-electron chi connectivity index (χ1n) is 5.43. The first-order chi connectivity index (χ1) is 8.13. The van der Waals surface area contributed by atoms with Gasteiger partial charge in [-0.2, -0.15) is 0 Å². The molecule has 1 aromatic carbocycles. The Hall–Kier alpha value is -1.55. The summed E-state index contributed by atoms with van der Waals surface area (Å²) < 4.78 is 0. The van der Waals surface area contributed by atoms with Crippen LogP contribution in [0.1, 0.15) is 24.2 Å². The van der Waals surface area contributed by atoms with Crippen molar-refractivity contribution in [3.8, 4) is 0 Å². The van der Waals surface area contributed by atoms with Gasteiger partial charge in [0.15, 0.2) is 0 Å². The van der Waals surface area contributed by atoms with Crippen molar-refractivity contribution < 1.29 is 9.59 Å². The first-order valence-corrected chi connectivity index (χ1v) is 5.80. The van der Waals surface area contributed by atoms with Crippen LogP contribution in [-0.4, -0.2) is 30.3 Å². The van der Waals surface area contributed by atoms with Gasteiger partial charge < -0.3 is 10.2 Å². The van der Waals surface area contributed by atoms with Crippen molar-refractivity contribution in [2.75, 3.05) is 18.4 Å². The standard InChI is InChI=1S/C12H15ClN2O2/c1-3-15(4-2)12(17)9-5-6-10(13)11(7-9)14-8-16/h5-8H,3-4H2,1-2H3,(H,14,16). The largest absolute Gasteiger partial charge is 0.339 e. The van der Waals surface area contributed by atoms with Crippen molar-refractivity contribution in [1.29, 1.82) is 0 Å². The number of rotatable bonds is 5. The Morgan fingerprint density at radius 2 is 2.06 bits per heavy atom. The number of anilines is 1. The van der Waals surface area contributed by atoms with Gasteiger partial charge in [0.2, 0.25) is 6.41 Å². The van der Waals surface area contributed by atoms with Gasteiger partial charge in [0.25, 0.3) is 5.91 Å². The molecular weight excluding hydrogens is 240 g/mol. The third-order valence-corrected chi connectivity index (χ3v) is 2.81. The minimum Gasteiger partial charge on any atom is -0.339 e. The van der Waals surface area contributed by atoms with Crippen molar-refractivity contribution >= 4 is 29.6 Å². The Balaban J connectivity index is 3.02. The van der Waals surface area contributed by atoms with E-state index in [1.165, 1.54) is 0 Å². The predicted molar refractivity (Wildman–Crippen MR) is 68.4 cm³/mol. The van der Waals surface area contributed by atoms with Crippen LogP contribution in [0.2, 0.25) is 5.02 Å². The van der Waals surface area contributed by atoms with Gasteiger partial charge in [-0.3, -0.25) is 9.59 Å². The average Bonchev–Trinajstić information content (AvgIpc) is 2.33. The van der Waals surface area contributed by atoms with Crippen molar-refractivity contribution in [3.63, 3.8) is 0 Å². The highest BCUT2D eigenvalue weighted by Crippen LogP contribution is 2.23. The lowest BCUT2D eigenvalue weighted by atomic mass is 10.1. The summed E-state index contributed by atoms with van der Waals surface area (Å²) in [6, 6.07) is 4.83. The van der Waals surface area contributed by atoms with E-state index in [1.807, 2.05) is 13.8 Å². The fourth-order valence-corrected chi connectivity index (χ4v) is 1.70. The predicted octanol–water partition coefficient (Wildman–Crippen LogP) is 2.39. The van der Waals surface area contributed by atoms with E-state index in [-0.39, 0.29) is 5.91 Å². The molecule has 92 valence electrons. The summed E-state index contributed by atoms with van der Waals surface area (Å²) in [5, 5.41) is 2.87. The molecule has 1 rings (SSSR count). The quantitative estimate of drug-likeness (QED) is 0.821. The molecule has 1 aromatic rings. The summed E-state index contributed by atoms with van der Waals surface area (Å²) in [6.45, 7) is 5.13. The van der Waals surface area contributed by atoms with Crippen LogP contribution in [0.3, 0.4) is 0 Å². The summed E-state index contributed by atoms with van der Waals surface area (Å²) in [4.78, 5) is 24.1. The zero-order valence-electron chi connectivity index (χ0n) is 9.87. The molecule has 0 spiro atoms. The lowest BCUT2D eigenvalue weighted by Gasteiger charge is -2.19. The smallest absolute Gasteiger partial charge is 0.253 e. The molecule has 0 aliphatic carbocycles. The molecule has 0 aliphatic rings. The van der Waals surface area contributed by atoms with Gasteiger partial charge in [-0.15, -0.1) is 0 Å². The molecule has 0 atom stereocenters. The van der Waals surface area contributed by atoms with Crippen LogP contribution in [0.5, 0.6) is 0 Å². The molecule has 0 saturated heterocycles. The van der Waals surface area contributed by atoms with Crippen molar-refractivity contribution in [2.45, 2.75) is 13.8 Å². The number of nitrogens with zero attached hydrogens (tertiary/aromatic N) is 1. The molecule has 0 unspecified atom stereocenters. The molecule has 0 radical (unpaired) electrons. The summed E-state index contributed by atoms with van der Waals surface area (Å²) in [5.74, 6) is -0.0689. The minimum absolute atomic E-state index is 0.0689. The zero-order valence-corrected chi connectivity index (χ0v) is 10.6. The lowest BCUT2D eigenvalue weighted by molar-refractivity contribution is -0.105. The molecule has 17 heavy (non-hydrogen) atoms. The molecule has 0 bridgehead atoms. The lowest BCUT2D eigenvalue weighted by Crippen LogP contribution is -2.30. The topological polar surface area (TPSA) is 49.4 Å². The van der Waals surface area contributed by atoms with E-state index in [4.69, 9.17) is 11.6 Å². The van der Waals surface area contributed by atoms with Gasteiger partial charge in [0, 0.05) is 18.7 Å². The molecule has 5 heteroatoms. The van der Waals surface area contributed by atoms with Crippen molar-refractivity contribution in [3.05, 3.63) is 28.8 Å². The minimum atomic E-state index is -0.0689. The van der Waals surface area contributed by atoms with E-state index < -0.39 is 0 Å². The molecule has 0 heterocycles. The molecule has 2 amide bonds. The normalized spacial score (nSPS) is 9.82. The summed E-state index contributed by atoms with van der Waals surface area (Å²) in [5.41, 5.74) is 0.960. The van der Waals surface area contributed by atoms with Crippen LogP contribution in [0.25, 0.3) is 0 Å². The van der Waals surface area contributed by atoms with Crippen molar-refractivity contribution in [2.24, 2.45) is 0 Å². The molecule has 0 aromatic heterocycles. The number of carbonyl (C=O) groups excluding carboxylic acids is 2. The van der Waals surface area contributed by atoms with Crippen LogP contribution in [0, 0.1) is 0 Å². The Morgan fingerprint density at radius 1 is 1.41 bits per heavy atom. The number of hydrogen-bond donors (Lipinski definition) is 1. The number of halogens is 1. The average molecular weight is 255 g/mol. The second-order valence-electron chi connectivity index (χ2n) is 3.43. The number of nitrogens with one attached hydrogen (secondary N) is 1. The number of hydrogen-bond acceptors (Lipinski definition) is 2. The number of carbonyl (C=O) groups is 2. The number of benzene rings is 1. The van der Waals surface area contributed by atoms with E-state index >= 15 is 0 Å². The monoisotopic (exact) mass is 254 g/mol. The highest BCUT2D eigenvalue weighted by Gasteiger charge is 2.13. The molecule has 1 N–H and O–H groups in total. The zero-order chi connectivity index (χ0) is 12.8. The van der Waals surface area contributed by atoms with Crippen LogP contribution in [-0.2, 0) is 4.79 Å². The van der Waals surface area contributed by atoms with Gasteiger partial charge >= 0.3 is 0 Å². The van der Waals surface area contributed by atoms with Gasteiger partial charge in [0.05, 0.1) is 10.7 Å². The Kier molecular flexibility index (Phi) is 4.97. The first kappa shape index (κ1) is 13.5. The van der Waals surface area contributed by atoms with Crippen LogP contribution in [0.15, 0.2) is 18.2 Å². The van der Waals surface area contributed by atoms with E-state index in [0.717, 1.165) is 0 Å². The van der Waals surface area contributed by atoms with E-state index in [2.05, 4.69) is 5.32 Å². The maximum atomic E-state index is 12.0. The van der Waals surface area contributed by atoms with E-state index in [0.29, 0.717) is 35.8 Å². The van der Waals surface area contributed by atoms with Crippen LogP contribution < -0.4 is 5.32 Å². The van der Waals surface area contributed by atoms with Crippen molar-refractivity contribution in [1.82, 2.24) is 4.90 Å². The molecule has 0 saturated carbocycles. The number of amides is 2. The third kappa shape index (κ3) is 3.20. The SMILES string of the molecule is CCN(CC)C(=O)c1ccc(Cl)c(NC=O)c1. The van der Waals surface area contributed by atoms with E-state index in [1.54, 1.807) is 23.1 Å².